The van der Waals surface area contributed by atoms with Gasteiger partial charge in [0, 0.05) is 13.1 Å². The van der Waals surface area contributed by atoms with Gasteiger partial charge in [-0.1, -0.05) is 0 Å². The SMILES string of the molecule is CSc1c(N2CCCC(C)(O)CC2)sc(C(N)=O)c1N. The van der Waals surface area contributed by atoms with E-state index in [0.29, 0.717) is 17.0 Å². The molecule has 1 amide bonds. The lowest BCUT2D eigenvalue weighted by atomic mass is 9.98. The summed E-state index contributed by atoms with van der Waals surface area (Å²) in [7, 11) is 0. The first-order valence-electron chi connectivity index (χ1n) is 6.59. The second-order valence-corrected chi connectivity index (χ2v) is 7.20. The number of nitrogens with zero attached hydrogens (tertiary/aromatic N) is 1. The third-order valence-corrected chi connectivity index (χ3v) is 5.89. The van der Waals surface area contributed by atoms with Gasteiger partial charge in [-0.3, -0.25) is 4.79 Å². The van der Waals surface area contributed by atoms with E-state index < -0.39 is 11.5 Å². The number of thiophene rings is 1. The third-order valence-electron chi connectivity index (χ3n) is 3.66. The molecule has 5 nitrogen and oxygen atoms in total. The molecule has 2 rings (SSSR count). The number of hydrogen-bond donors (Lipinski definition) is 3. The number of amides is 1. The minimum Gasteiger partial charge on any atom is -0.396 e. The lowest BCUT2D eigenvalue weighted by molar-refractivity contribution is 0.0481. The van der Waals surface area contributed by atoms with Crippen molar-refractivity contribution >= 4 is 39.7 Å². The van der Waals surface area contributed by atoms with Gasteiger partial charge in [0.1, 0.15) is 9.88 Å². The molecule has 5 N–H and O–H groups in total. The summed E-state index contributed by atoms with van der Waals surface area (Å²) in [6.45, 7) is 3.50. The van der Waals surface area contributed by atoms with Crippen LogP contribution in [0.15, 0.2) is 4.90 Å². The number of thioether (sulfide) groups is 1. The van der Waals surface area contributed by atoms with E-state index >= 15 is 0 Å². The fourth-order valence-corrected chi connectivity index (χ4v) is 4.56. The molecule has 1 aromatic heterocycles. The van der Waals surface area contributed by atoms with Crippen molar-refractivity contribution in [3.8, 4) is 0 Å². The second-order valence-electron chi connectivity index (χ2n) is 5.39. The topological polar surface area (TPSA) is 92.6 Å². The van der Waals surface area contributed by atoms with E-state index in [0.717, 1.165) is 35.8 Å². The number of hydrogen-bond acceptors (Lipinski definition) is 6. The van der Waals surface area contributed by atoms with E-state index in [4.69, 9.17) is 11.5 Å². The van der Waals surface area contributed by atoms with Gasteiger partial charge in [-0.2, -0.15) is 0 Å². The summed E-state index contributed by atoms with van der Waals surface area (Å²) < 4.78 is 0. The molecular weight excluding hydrogens is 294 g/mol. The van der Waals surface area contributed by atoms with Crippen molar-refractivity contribution in [3.63, 3.8) is 0 Å². The Morgan fingerprint density at radius 2 is 2.15 bits per heavy atom. The van der Waals surface area contributed by atoms with Gasteiger partial charge in [0.05, 0.1) is 16.2 Å². The molecule has 112 valence electrons. The molecule has 1 unspecified atom stereocenters. The molecule has 0 spiro atoms. The summed E-state index contributed by atoms with van der Waals surface area (Å²) in [5.41, 5.74) is 11.3. The lowest BCUT2D eigenvalue weighted by Gasteiger charge is -2.23. The van der Waals surface area contributed by atoms with Crippen LogP contribution in [0.25, 0.3) is 0 Å². The van der Waals surface area contributed by atoms with Gasteiger partial charge < -0.3 is 21.5 Å². The number of nitrogen functional groups attached to an aromatic ring is 1. The standard InChI is InChI=1S/C13H21N3O2S2/c1-13(18)4-3-6-16(7-5-13)12-10(19-2)8(14)9(20-12)11(15)17/h18H,3-7,14H2,1-2H3,(H2,15,17). The van der Waals surface area contributed by atoms with Crippen molar-refractivity contribution in [2.75, 3.05) is 30.0 Å². The first-order valence-corrected chi connectivity index (χ1v) is 8.63. The lowest BCUT2D eigenvalue weighted by Crippen LogP contribution is -2.28. The molecule has 1 aromatic rings. The van der Waals surface area contributed by atoms with E-state index in [9.17, 15) is 9.90 Å². The van der Waals surface area contributed by atoms with Gasteiger partial charge in [0.15, 0.2) is 0 Å². The normalized spacial score (nSPS) is 23.6. The summed E-state index contributed by atoms with van der Waals surface area (Å²) in [4.78, 5) is 15.0. The minimum absolute atomic E-state index is 0.431. The predicted molar refractivity (Wildman–Crippen MR) is 85.7 cm³/mol. The number of aliphatic hydroxyl groups is 1. The highest BCUT2D eigenvalue weighted by molar-refractivity contribution is 7.99. The summed E-state index contributed by atoms with van der Waals surface area (Å²) in [6, 6.07) is 0. The third kappa shape index (κ3) is 3.05. The summed E-state index contributed by atoms with van der Waals surface area (Å²) in [6.07, 6.45) is 4.37. The Kier molecular flexibility index (Phi) is 4.51. The molecule has 0 aromatic carbocycles. The van der Waals surface area contributed by atoms with Gasteiger partial charge in [-0.05, 0) is 32.4 Å². The Labute approximate surface area is 127 Å². The van der Waals surface area contributed by atoms with Crippen LogP contribution in [0.4, 0.5) is 10.7 Å². The molecule has 0 aliphatic carbocycles. The molecule has 1 saturated heterocycles. The van der Waals surface area contributed by atoms with Gasteiger partial charge in [-0.25, -0.2) is 0 Å². The number of anilines is 2. The molecule has 1 aliphatic rings. The average Bonchev–Trinajstić information content (AvgIpc) is 2.59. The van der Waals surface area contributed by atoms with E-state index in [1.54, 1.807) is 0 Å². The number of nitrogens with two attached hydrogens (primary N) is 2. The largest absolute Gasteiger partial charge is 0.396 e. The van der Waals surface area contributed by atoms with Crippen LogP contribution in [0, 0.1) is 0 Å². The molecule has 7 heteroatoms. The fourth-order valence-electron chi connectivity index (χ4n) is 2.47. The maximum absolute atomic E-state index is 11.4. The second kappa shape index (κ2) is 5.83. The zero-order valence-electron chi connectivity index (χ0n) is 11.8. The molecule has 1 atom stereocenters. The zero-order valence-corrected chi connectivity index (χ0v) is 13.4. The average molecular weight is 315 g/mol. The van der Waals surface area contributed by atoms with Gasteiger partial charge in [0.25, 0.3) is 5.91 Å². The molecule has 0 saturated carbocycles. The highest BCUT2D eigenvalue weighted by atomic mass is 32.2. The molecule has 20 heavy (non-hydrogen) atoms. The van der Waals surface area contributed by atoms with Gasteiger partial charge >= 0.3 is 0 Å². The van der Waals surface area contributed by atoms with E-state index in [-0.39, 0.29) is 0 Å². The molecule has 1 fully saturated rings. The highest BCUT2D eigenvalue weighted by Gasteiger charge is 2.28. The van der Waals surface area contributed by atoms with E-state index in [2.05, 4.69) is 4.90 Å². The van der Waals surface area contributed by atoms with Crippen molar-refractivity contribution < 1.29 is 9.90 Å². The first kappa shape index (κ1) is 15.5. The van der Waals surface area contributed by atoms with Crippen molar-refractivity contribution in [1.29, 1.82) is 0 Å². The molecule has 0 bridgehead atoms. The molecule has 1 aliphatic heterocycles. The number of carbonyl (C=O) groups is 1. The summed E-state index contributed by atoms with van der Waals surface area (Å²) in [5, 5.41) is 11.2. The van der Waals surface area contributed by atoms with Crippen molar-refractivity contribution in [2.45, 2.75) is 36.7 Å². The van der Waals surface area contributed by atoms with Crippen molar-refractivity contribution in [1.82, 2.24) is 0 Å². The Morgan fingerprint density at radius 1 is 1.45 bits per heavy atom. The van der Waals surface area contributed by atoms with Crippen LogP contribution in [0.5, 0.6) is 0 Å². The molecule has 2 heterocycles. The quantitative estimate of drug-likeness (QED) is 0.741. The first-order chi connectivity index (χ1) is 9.35. The number of carbonyl (C=O) groups excluding carboxylic acids is 1. The molecule has 0 radical (unpaired) electrons. The van der Waals surface area contributed by atoms with Crippen molar-refractivity contribution in [2.24, 2.45) is 5.73 Å². The Hall–Kier alpha value is -0.920. The maximum atomic E-state index is 11.4. The summed E-state index contributed by atoms with van der Waals surface area (Å²) in [5.74, 6) is -0.476. The highest BCUT2D eigenvalue weighted by Crippen LogP contribution is 2.44. The smallest absolute Gasteiger partial charge is 0.261 e. The van der Waals surface area contributed by atoms with Crippen LogP contribution in [-0.2, 0) is 0 Å². The van der Waals surface area contributed by atoms with Gasteiger partial charge in [-0.15, -0.1) is 23.1 Å². The Morgan fingerprint density at radius 3 is 2.75 bits per heavy atom. The Bertz CT molecular complexity index is 514. The minimum atomic E-state index is -0.608. The van der Waals surface area contributed by atoms with Gasteiger partial charge in [0.2, 0.25) is 0 Å². The zero-order chi connectivity index (χ0) is 14.9. The number of primary amides is 1. The molecular formula is C13H21N3O2S2. The fraction of sp³-hybridized carbons (Fsp3) is 0.615. The van der Waals surface area contributed by atoms with E-state index in [1.807, 2.05) is 13.2 Å². The van der Waals surface area contributed by atoms with E-state index in [1.165, 1.54) is 23.1 Å². The van der Waals surface area contributed by atoms with Crippen LogP contribution in [0.2, 0.25) is 0 Å². The monoisotopic (exact) mass is 315 g/mol. The van der Waals surface area contributed by atoms with Crippen LogP contribution in [-0.4, -0.2) is 36.0 Å². The maximum Gasteiger partial charge on any atom is 0.261 e. The Balaban J connectivity index is 2.32. The number of rotatable bonds is 3. The van der Waals surface area contributed by atoms with Crippen LogP contribution >= 0.6 is 23.1 Å². The van der Waals surface area contributed by atoms with Crippen LogP contribution < -0.4 is 16.4 Å². The van der Waals surface area contributed by atoms with Crippen LogP contribution in [0.3, 0.4) is 0 Å². The van der Waals surface area contributed by atoms with Crippen molar-refractivity contribution in [3.05, 3.63) is 4.88 Å². The summed E-state index contributed by atoms with van der Waals surface area (Å²) >= 11 is 2.89. The predicted octanol–water partition coefficient (Wildman–Crippen LogP) is 1.89. The van der Waals surface area contributed by atoms with Crippen LogP contribution in [0.1, 0.15) is 35.9 Å².